The second-order valence-electron chi connectivity index (χ2n) is 5.71. The SMILES string of the molecule is CCC(C)N1CCN(C(C)c2ccc(O)cc2F)CC1. The van der Waals surface area contributed by atoms with E-state index in [-0.39, 0.29) is 17.6 Å². The molecule has 1 aromatic rings. The van der Waals surface area contributed by atoms with Gasteiger partial charge >= 0.3 is 0 Å². The van der Waals surface area contributed by atoms with Gasteiger partial charge in [-0.2, -0.15) is 0 Å². The topological polar surface area (TPSA) is 26.7 Å². The van der Waals surface area contributed by atoms with E-state index in [4.69, 9.17) is 0 Å². The van der Waals surface area contributed by atoms with Crippen molar-refractivity contribution >= 4 is 0 Å². The number of phenolic OH excluding ortho intramolecular Hbond substituents is 1. The molecular weight excluding hydrogens is 255 g/mol. The Kier molecular flexibility index (Phi) is 5.00. The number of piperazine rings is 1. The van der Waals surface area contributed by atoms with Gasteiger partial charge in [0.1, 0.15) is 11.6 Å². The molecule has 20 heavy (non-hydrogen) atoms. The van der Waals surface area contributed by atoms with Crippen LogP contribution in [0.4, 0.5) is 4.39 Å². The van der Waals surface area contributed by atoms with Gasteiger partial charge in [-0.05, 0) is 26.3 Å². The molecule has 0 amide bonds. The average molecular weight is 280 g/mol. The maximum atomic E-state index is 13.9. The van der Waals surface area contributed by atoms with E-state index in [1.54, 1.807) is 12.1 Å². The van der Waals surface area contributed by atoms with Crippen LogP contribution in [0, 0.1) is 5.82 Å². The van der Waals surface area contributed by atoms with Crippen LogP contribution in [-0.2, 0) is 0 Å². The lowest BCUT2D eigenvalue weighted by Crippen LogP contribution is -2.50. The highest BCUT2D eigenvalue weighted by Crippen LogP contribution is 2.26. The molecule has 0 aliphatic carbocycles. The number of hydrogen-bond donors (Lipinski definition) is 1. The molecule has 2 unspecified atom stereocenters. The Morgan fingerprint density at radius 3 is 2.30 bits per heavy atom. The highest BCUT2D eigenvalue weighted by molar-refractivity contribution is 5.29. The van der Waals surface area contributed by atoms with E-state index in [0.717, 1.165) is 26.2 Å². The molecule has 112 valence electrons. The zero-order chi connectivity index (χ0) is 14.7. The number of halogens is 1. The summed E-state index contributed by atoms with van der Waals surface area (Å²) in [6.07, 6.45) is 1.17. The number of rotatable bonds is 4. The van der Waals surface area contributed by atoms with Crippen molar-refractivity contribution in [3.63, 3.8) is 0 Å². The molecule has 1 aromatic carbocycles. The van der Waals surface area contributed by atoms with E-state index in [1.807, 2.05) is 6.92 Å². The smallest absolute Gasteiger partial charge is 0.131 e. The number of hydrogen-bond acceptors (Lipinski definition) is 3. The van der Waals surface area contributed by atoms with Crippen molar-refractivity contribution in [2.45, 2.75) is 39.3 Å². The van der Waals surface area contributed by atoms with E-state index in [1.165, 1.54) is 12.5 Å². The van der Waals surface area contributed by atoms with Crippen LogP contribution in [0.25, 0.3) is 0 Å². The molecule has 1 aliphatic rings. The predicted octanol–water partition coefficient (Wildman–Crippen LogP) is 3.01. The van der Waals surface area contributed by atoms with E-state index >= 15 is 0 Å². The summed E-state index contributed by atoms with van der Waals surface area (Å²) in [4.78, 5) is 4.81. The van der Waals surface area contributed by atoms with Gasteiger partial charge in [0.05, 0.1) is 0 Å². The van der Waals surface area contributed by atoms with E-state index in [0.29, 0.717) is 11.6 Å². The van der Waals surface area contributed by atoms with E-state index in [2.05, 4.69) is 23.6 Å². The largest absolute Gasteiger partial charge is 0.508 e. The number of nitrogens with zero attached hydrogens (tertiary/aromatic N) is 2. The van der Waals surface area contributed by atoms with Crippen molar-refractivity contribution in [3.8, 4) is 5.75 Å². The normalized spacial score (nSPS) is 20.8. The van der Waals surface area contributed by atoms with Crippen molar-refractivity contribution in [2.24, 2.45) is 0 Å². The Morgan fingerprint density at radius 2 is 1.75 bits per heavy atom. The molecule has 2 rings (SSSR count). The molecule has 4 heteroatoms. The molecule has 0 aromatic heterocycles. The van der Waals surface area contributed by atoms with Crippen LogP contribution in [0.2, 0.25) is 0 Å². The van der Waals surface area contributed by atoms with Crippen LogP contribution in [0.15, 0.2) is 18.2 Å². The van der Waals surface area contributed by atoms with Gasteiger partial charge in [0.25, 0.3) is 0 Å². The van der Waals surface area contributed by atoms with Gasteiger partial charge in [-0.25, -0.2) is 4.39 Å². The minimum absolute atomic E-state index is 0.0139. The molecule has 0 bridgehead atoms. The fourth-order valence-corrected chi connectivity index (χ4v) is 2.88. The van der Waals surface area contributed by atoms with Crippen LogP contribution in [0.3, 0.4) is 0 Å². The van der Waals surface area contributed by atoms with E-state index in [9.17, 15) is 9.50 Å². The Labute approximate surface area is 121 Å². The second-order valence-corrected chi connectivity index (χ2v) is 5.71. The van der Waals surface area contributed by atoms with Gasteiger partial charge in [-0.3, -0.25) is 9.80 Å². The minimum Gasteiger partial charge on any atom is -0.508 e. The third kappa shape index (κ3) is 3.30. The summed E-state index contributed by atoms with van der Waals surface area (Å²) in [6.45, 7) is 10.5. The summed E-state index contributed by atoms with van der Waals surface area (Å²) in [5.41, 5.74) is 0.666. The minimum atomic E-state index is -0.318. The molecule has 1 heterocycles. The van der Waals surface area contributed by atoms with Gasteiger partial charge < -0.3 is 5.11 Å². The first-order valence-electron chi connectivity index (χ1n) is 7.49. The second kappa shape index (κ2) is 6.55. The number of aromatic hydroxyl groups is 1. The third-order valence-electron chi connectivity index (χ3n) is 4.54. The van der Waals surface area contributed by atoms with Gasteiger partial charge in [-0.1, -0.05) is 13.0 Å². The zero-order valence-corrected chi connectivity index (χ0v) is 12.6. The molecule has 2 atom stereocenters. The van der Waals surface area contributed by atoms with Gasteiger partial charge in [0.15, 0.2) is 0 Å². The van der Waals surface area contributed by atoms with Gasteiger partial charge in [-0.15, -0.1) is 0 Å². The molecule has 1 aliphatic heterocycles. The standard InChI is InChI=1S/C16H25FN2O/c1-4-12(2)18-7-9-19(10-8-18)13(3)15-6-5-14(20)11-16(15)17/h5-6,11-13,20H,4,7-10H2,1-3H3. The summed E-state index contributed by atoms with van der Waals surface area (Å²) in [6, 6.07) is 5.12. The Bertz CT molecular complexity index is 444. The summed E-state index contributed by atoms with van der Waals surface area (Å²) < 4.78 is 13.9. The van der Waals surface area contributed by atoms with Crippen LogP contribution in [0.5, 0.6) is 5.75 Å². The average Bonchev–Trinajstić information content (AvgIpc) is 2.46. The fraction of sp³-hybridized carbons (Fsp3) is 0.625. The van der Waals surface area contributed by atoms with Crippen molar-refractivity contribution in [2.75, 3.05) is 26.2 Å². The molecule has 1 saturated heterocycles. The maximum Gasteiger partial charge on any atom is 0.131 e. The molecule has 0 radical (unpaired) electrons. The third-order valence-corrected chi connectivity index (χ3v) is 4.54. The van der Waals surface area contributed by atoms with Crippen molar-refractivity contribution in [3.05, 3.63) is 29.6 Å². The van der Waals surface area contributed by atoms with Crippen LogP contribution >= 0.6 is 0 Å². The Balaban J connectivity index is 1.99. The predicted molar refractivity (Wildman–Crippen MR) is 79.4 cm³/mol. The lowest BCUT2D eigenvalue weighted by molar-refractivity contribution is 0.0762. The first-order chi connectivity index (χ1) is 9.52. The zero-order valence-electron chi connectivity index (χ0n) is 12.6. The summed E-state index contributed by atoms with van der Waals surface area (Å²) >= 11 is 0. The summed E-state index contributed by atoms with van der Waals surface area (Å²) in [5.74, 6) is -0.332. The first-order valence-corrected chi connectivity index (χ1v) is 7.49. The van der Waals surface area contributed by atoms with Gasteiger partial charge in [0, 0.05) is 49.9 Å². The van der Waals surface area contributed by atoms with Crippen molar-refractivity contribution in [1.29, 1.82) is 0 Å². The molecular formula is C16H25FN2O. The molecule has 1 fully saturated rings. The fourth-order valence-electron chi connectivity index (χ4n) is 2.88. The van der Waals surface area contributed by atoms with E-state index < -0.39 is 0 Å². The molecule has 0 spiro atoms. The van der Waals surface area contributed by atoms with Crippen molar-refractivity contribution in [1.82, 2.24) is 9.80 Å². The highest BCUT2D eigenvalue weighted by Gasteiger charge is 2.25. The van der Waals surface area contributed by atoms with Crippen LogP contribution in [-0.4, -0.2) is 47.1 Å². The van der Waals surface area contributed by atoms with Gasteiger partial charge in [0.2, 0.25) is 0 Å². The van der Waals surface area contributed by atoms with Crippen LogP contribution in [0.1, 0.15) is 38.8 Å². The van der Waals surface area contributed by atoms with Crippen LogP contribution < -0.4 is 0 Å². The Morgan fingerprint density at radius 1 is 1.15 bits per heavy atom. The number of phenols is 1. The monoisotopic (exact) mass is 280 g/mol. The first kappa shape index (κ1) is 15.3. The summed E-state index contributed by atoms with van der Waals surface area (Å²) in [7, 11) is 0. The highest BCUT2D eigenvalue weighted by atomic mass is 19.1. The maximum absolute atomic E-state index is 13.9. The lowest BCUT2D eigenvalue weighted by atomic mass is 10.0. The quantitative estimate of drug-likeness (QED) is 0.918. The molecule has 0 saturated carbocycles. The lowest BCUT2D eigenvalue weighted by Gasteiger charge is -2.40. The molecule has 3 nitrogen and oxygen atoms in total. The molecule has 1 N–H and O–H groups in total. The summed E-state index contributed by atoms with van der Waals surface area (Å²) in [5, 5.41) is 9.29. The van der Waals surface area contributed by atoms with Crippen molar-refractivity contribution < 1.29 is 9.50 Å². The Hall–Kier alpha value is -1.13. The number of benzene rings is 1.